The molecule has 0 aromatic heterocycles. The van der Waals surface area contributed by atoms with Crippen LogP contribution < -0.4 is 16.0 Å². The van der Waals surface area contributed by atoms with Crippen LogP contribution in [-0.4, -0.2) is 71.7 Å². The van der Waals surface area contributed by atoms with E-state index in [-0.39, 0.29) is 31.8 Å². The second kappa shape index (κ2) is 15.6. The van der Waals surface area contributed by atoms with Crippen LogP contribution in [0.15, 0.2) is 78.4 Å². The molecule has 2 heterocycles. The fourth-order valence-electron chi connectivity index (χ4n) is 5.81. The largest absolute Gasteiger partial charge is 0.434 e. The summed E-state index contributed by atoms with van der Waals surface area (Å²) in [5, 5.41) is 20.8. The Balaban J connectivity index is 1.25. The Hall–Kier alpha value is -4.54. The number of carbonyl (C=O) groups is 4. The van der Waals surface area contributed by atoms with Gasteiger partial charge >= 0.3 is 5.97 Å². The Morgan fingerprint density at radius 1 is 0.935 bits per heavy atom. The molecule has 5 rings (SSSR count). The summed E-state index contributed by atoms with van der Waals surface area (Å²) in [6.45, 7) is 3.19. The number of nitrogens with zero attached hydrogens (tertiary/aromatic N) is 1. The molecule has 3 aromatic carbocycles. The van der Waals surface area contributed by atoms with E-state index in [2.05, 4.69) is 47.1 Å². The number of ether oxygens (including phenoxy) is 1. The second-order valence-corrected chi connectivity index (χ2v) is 12.0. The van der Waals surface area contributed by atoms with Crippen molar-refractivity contribution < 1.29 is 29.0 Å². The lowest BCUT2D eigenvalue weighted by Gasteiger charge is -2.26. The summed E-state index contributed by atoms with van der Waals surface area (Å²) >= 11 is 0. The molecule has 10 nitrogen and oxygen atoms in total. The maximum Gasteiger partial charge on any atom is 0.310 e. The van der Waals surface area contributed by atoms with Crippen molar-refractivity contribution in [3.63, 3.8) is 0 Å². The van der Waals surface area contributed by atoms with Gasteiger partial charge in [0.25, 0.3) is 5.91 Å². The van der Waals surface area contributed by atoms with Crippen LogP contribution in [0.4, 0.5) is 0 Å². The number of aliphatic hydroxyl groups is 1. The van der Waals surface area contributed by atoms with E-state index in [1.807, 2.05) is 36.4 Å². The average molecular weight is 627 g/mol. The number of nitrogens with one attached hydrogen (secondary N) is 3. The van der Waals surface area contributed by atoms with Gasteiger partial charge in [0.05, 0.1) is 13.0 Å². The third-order valence-electron chi connectivity index (χ3n) is 8.40. The zero-order chi connectivity index (χ0) is 32.5. The molecule has 46 heavy (non-hydrogen) atoms. The first-order chi connectivity index (χ1) is 22.3. The summed E-state index contributed by atoms with van der Waals surface area (Å²) in [4.78, 5) is 52.9. The Morgan fingerprint density at radius 3 is 2.43 bits per heavy atom. The van der Waals surface area contributed by atoms with Gasteiger partial charge in [-0.15, -0.1) is 0 Å². The monoisotopic (exact) mass is 626 g/mol. The molecule has 0 saturated carbocycles. The second-order valence-electron chi connectivity index (χ2n) is 12.0. The van der Waals surface area contributed by atoms with Gasteiger partial charge in [-0.05, 0) is 58.9 Å². The van der Waals surface area contributed by atoms with E-state index in [9.17, 15) is 24.3 Å². The topological polar surface area (TPSA) is 137 Å². The molecule has 3 unspecified atom stereocenters. The highest BCUT2D eigenvalue weighted by Gasteiger charge is 2.36. The predicted molar refractivity (Wildman–Crippen MR) is 175 cm³/mol. The van der Waals surface area contributed by atoms with Crippen LogP contribution in [0, 0.1) is 0 Å². The van der Waals surface area contributed by atoms with Crippen molar-refractivity contribution in [1.82, 2.24) is 20.9 Å². The maximum absolute atomic E-state index is 13.7. The smallest absolute Gasteiger partial charge is 0.310 e. The van der Waals surface area contributed by atoms with Gasteiger partial charge in [0.1, 0.15) is 12.1 Å². The van der Waals surface area contributed by atoms with Gasteiger partial charge in [-0.25, -0.2) is 0 Å². The van der Waals surface area contributed by atoms with Crippen LogP contribution in [-0.2, 0) is 32.1 Å². The number of rotatable bonds is 13. The molecule has 0 spiro atoms. The van der Waals surface area contributed by atoms with Crippen LogP contribution >= 0.6 is 0 Å². The highest BCUT2D eigenvalue weighted by atomic mass is 16.6. The molecule has 2 aliphatic heterocycles. The number of amides is 3. The Morgan fingerprint density at radius 2 is 1.70 bits per heavy atom. The Labute approximate surface area is 269 Å². The number of cyclic esters (lactones) is 1. The van der Waals surface area contributed by atoms with E-state index < -0.39 is 36.2 Å². The van der Waals surface area contributed by atoms with Gasteiger partial charge in [-0.3, -0.25) is 19.2 Å². The van der Waals surface area contributed by atoms with Gasteiger partial charge in [0.15, 0.2) is 0 Å². The molecule has 3 aromatic rings. The van der Waals surface area contributed by atoms with E-state index in [1.54, 1.807) is 12.1 Å². The average Bonchev–Trinajstić information content (AvgIpc) is 3.29. The normalized spacial score (nSPS) is 19.8. The van der Waals surface area contributed by atoms with Crippen LogP contribution in [0.2, 0.25) is 0 Å². The minimum Gasteiger partial charge on any atom is -0.434 e. The van der Waals surface area contributed by atoms with Gasteiger partial charge in [0, 0.05) is 25.2 Å². The van der Waals surface area contributed by atoms with Crippen molar-refractivity contribution in [3.05, 3.63) is 95.1 Å². The predicted octanol–water partition coefficient (Wildman–Crippen LogP) is 3.37. The summed E-state index contributed by atoms with van der Waals surface area (Å²) in [6.07, 6.45) is 5.31. The molecule has 242 valence electrons. The van der Waals surface area contributed by atoms with Crippen LogP contribution in [0.5, 0.6) is 0 Å². The van der Waals surface area contributed by atoms with Gasteiger partial charge < -0.3 is 30.7 Å². The molecule has 10 heteroatoms. The van der Waals surface area contributed by atoms with E-state index in [4.69, 9.17) is 4.74 Å². The minimum atomic E-state index is -1.43. The van der Waals surface area contributed by atoms with Crippen molar-refractivity contribution in [2.24, 2.45) is 0 Å². The summed E-state index contributed by atoms with van der Waals surface area (Å²) < 4.78 is 4.72. The molecular formula is C36H42N4O6. The van der Waals surface area contributed by atoms with E-state index in [1.165, 1.54) is 29.7 Å². The number of unbranched alkanes of at least 4 members (excludes halogenated alkanes) is 2. The molecule has 3 amide bonds. The van der Waals surface area contributed by atoms with Crippen LogP contribution in [0.1, 0.15) is 60.5 Å². The molecule has 4 N–H and O–H groups in total. The molecule has 1 saturated heterocycles. The van der Waals surface area contributed by atoms with Crippen LogP contribution in [0.25, 0.3) is 10.8 Å². The summed E-state index contributed by atoms with van der Waals surface area (Å²) in [7, 11) is 0. The summed E-state index contributed by atoms with van der Waals surface area (Å²) in [5.74, 6) is -1.93. The van der Waals surface area contributed by atoms with Crippen molar-refractivity contribution in [2.75, 3.05) is 19.6 Å². The van der Waals surface area contributed by atoms with Gasteiger partial charge in [-0.1, -0.05) is 80.4 Å². The molecule has 0 bridgehead atoms. The zero-order valence-corrected chi connectivity index (χ0v) is 26.2. The van der Waals surface area contributed by atoms with Crippen molar-refractivity contribution in [1.29, 1.82) is 0 Å². The SMILES string of the molecule is CCCCCc1ccc(CNCC2=CCC(NC(=O)c3ccc4ccccc4c3)C(=O)N(CC(=O)NC3CC(=O)OC3O)C2)cc1. The molecule has 2 aliphatic rings. The minimum absolute atomic E-state index is 0.153. The van der Waals surface area contributed by atoms with Gasteiger partial charge in [-0.2, -0.15) is 0 Å². The van der Waals surface area contributed by atoms with Crippen molar-refractivity contribution in [2.45, 2.75) is 70.4 Å². The molecule has 0 aliphatic carbocycles. The lowest BCUT2D eigenvalue weighted by Crippen LogP contribution is -2.52. The fraction of sp³-hybridized carbons (Fsp3) is 0.389. The molecular weight excluding hydrogens is 584 g/mol. The lowest BCUT2D eigenvalue weighted by molar-refractivity contribution is -0.155. The lowest BCUT2D eigenvalue weighted by atomic mass is 10.1. The first-order valence-corrected chi connectivity index (χ1v) is 16.0. The van der Waals surface area contributed by atoms with Crippen LogP contribution in [0.3, 0.4) is 0 Å². The zero-order valence-electron chi connectivity index (χ0n) is 26.2. The molecule has 3 atom stereocenters. The number of fused-ring (bicyclic) bond motifs is 1. The first kappa shape index (κ1) is 32.8. The summed E-state index contributed by atoms with van der Waals surface area (Å²) in [6, 6.07) is 19.9. The number of aliphatic hydroxyl groups excluding tert-OH is 1. The Kier molecular flexibility index (Phi) is 11.2. The number of hydrogen-bond donors (Lipinski definition) is 4. The quantitative estimate of drug-likeness (QED) is 0.130. The maximum atomic E-state index is 13.7. The third kappa shape index (κ3) is 8.80. The van der Waals surface area contributed by atoms with Gasteiger partial charge in [0.2, 0.25) is 18.1 Å². The number of aryl methyl sites for hydroxylation is 1. The molecule has 1 fully saturated rings. The number of hydrogen-bond acceptors (Lipinski definition) is 7. The highest BCUT2D eigenvalue weighted by molar-refractivity contribution is 6.01. The first-order valence-electron chi connectivity index (χ1n) is 16.0. The van der Waals surface area contributed by atoms with E-state index in [0.29, 0.717) is 18.7 Å². The number of esters is 1. The third-order valence-corrected chi connectivity index (χ3v) is 8.40. The molecule has 0 radical (unpaired) electrons. The number of benzene rings is 3. The van der Waals surface area contributed by atoms with Crippen molar-refractivity contribution >= 4 is 34.5 Å². The summed E-state index contributed by atoms with van der Waals surface area (Å²) in [5.41, 5.74) is 3.81. The van der Waals surface area contributed by atoms with E-state index in [0.717, 1.165) is 28.3 Å². The number of carbonyl (C=O) groups excluding carboxylic acids is 4. The Bertz CT molecular complexity index is 1590. The standard InChI is InChI=1S/C36H42N4O6/c1-2-3-4-7-24-10-12-25(13-11-24)20-37-21-26-14-17-30(39-34(43)29-16-15-27-8-5-6-9-28(27)18-29)35(44)40(22-26)23-32(41)38-31-19-33(42)46-36(31)45/h5-6,8-16,18,30-31,36-37,45H,2-4,7,17,19-23H2,1H3,(H,38,41)(H,39,43). The van der Waals surface area contributed by atoms with Crippen molar-refractivity contribution in [3.8, 4) is 0 Å². The highest BCUT2D eigenvalue weighted by Crippen LogP contribution is 2.18. The fourth-order valence-corrected chi connectivity index (χ4v) is 5.81. The van der Waals surface area contributed by atoms with E-state index >= 15 is 0 Å².